The molecule has 1 aromatic heterocycles. The Balaban J connectivity index is 1.96. The molecule has 0 aliphatic heterocycles. The summed E-state index contributed by atoms with van der Waals surface area (Å²) in [6, 6.07) is 13.9. The molecule has 1 heterocycles. The van der Waals surface area contributed by atoms with Crippen LogP contribution < -0.4 is 9.54 Å². The summed E-state index contributed by atoms with van der Waals surface area (Å²) in [7, 11) is 1.63. The molecular weight excluding hydrogens is 356 g/mol. The quantitative estimate of drug-likeness (QED) is 0.582. The lowest BCUT2D eigenvalue weighted by Gasteiger charge is -2.06. The molecule has 0 aliphatic carbocycles. The maximum Gasteiger partial charge on any atom is 0.252 e. The first-order valence-electron chi connectivity index (χ1n) is 8.96. The standard InChI is InChI=1S/C22H24N2O2S/c1-5-12-24-19-11-8-17(15(2)3)14-20(19)27-22(24)23-21(25)13-16-6-9-18(26-4)10-7-16/h5-11,14-15H,1,12-13H2,2-4H3. The van der Waals surface area contributed by atoms with E-state index in [0.717, 1.165) is 21.5 Å². The van der Waals surface area contributed by atoms with Crippen molar-refractivity contribution in [3.63, 3.8) is 0 Å². The Kier molecular flexibility index (Phi) is 5.91. The summed E-state index contributed by atoms with van der Waals surface area (Å²) >= 11 is 1.55. The van der Waals surface area contributed by atoms with Crippen LogP contribution in [0.2, 0.25) is 0 Å². The number of methoxy groups -OCH3 is 1. The molecule has 0 unspecified atom stereocenters. The Morgan fingerprint density at radius 3 is 2.63 bits per heavy atom. The SMILES string of the molecule is C=CCn1c(=NC(=O)Cc2ccc(OC)cc2)sc2cc(C(C)C)ccc21. The van der Waals surface area contributed by atoms with Gasteiger partial charge in [0.25, 0.3) is 5.91 Å². The van der Waals surface area contributed by atoms with Gasteiger partial charge in [0, 0.05) is 6.54 Å². The third-order valence-corrected chi connectivity index (χ3v) is 5.46. The van der Waals surface area contributed by atoms with Crippen LogP contribution in [0.4, 0.5) is 0 Å². The number of thiazole rings is 1. The topological polar surface area (TPSA) is 43.6 Å². The van der Waals surface area contributed by atoms with Crippen molar-refractivity contribution in [3.8, 4) is 5.75 Å². The summed E-state index contributed by atoms with van der Waals surface area (Å²) in [5, 5.41) is 0. The summed E-state index contributed by atoms with van der Waals surface area (Å²) in [5.41, 5.74) is 3.29. The summed E-state index contributed by atoms with van der Waals surface area (Å²) in [5.74, 6) is 1.08. The summed E-state index contributed by atoms with van der Waals surface area (Å²) < 4.78 is 8.34. The highest BCUT2D eigenvalue weighted by Gasteiger charge is 2.10. The first-order chi connectivity index (χ1) is 13.0. The van der Waals surface area contributed by atoms with Crippen LogP contribution in [0.5, 0.6) is 5.75 Å². The number of benzene rings is 2. The highest BCUT2D eigenvalue weighted by molar-refractivity contribution is 7.16. The third-order valence-electron chi connectivity index (χ3n) is 4.42. The molecular formula is C22H24N2O2S. The second-order valence-corrected chi connectivity index (χ2v) is 7.71. The fourth-order valence-corrected chi connectivity index (χ4v) is 4.01. The van der Waals surface area contributed by atoms with E-state index in [1.807, 2.05) is 34.9 Å². The minimum absolute atomic E-state index is 0.159. The van der Waals surface area contributed by atoms with E-state index in [2.05, 4.69) is 43.6 Å². The van der Waals surface area contributed by atoms with Gasteiger partial charge in [0.15, 0.2) is 4.80 Å². The Morgan fingerprint density at radius 2 is 2.00 bits per heavy atom. The molecule has 5 heteroatoms. The fraction of sp³-hybridized carbons (Fsp3) is 0.273. The molecule has 3 rings (SSSR count). The monoisotopic (exact) mass is 380 g/mol. The highest BCUT2D eigenvalue weighted by atomic mass is 32.1. The molecule has 0 fully saturated rings. The average molecular weight is 381 g/mol. The van der Waals surface area contributed by atoms with Gasteiger partial charge in [-0.2, -0.15) is 4.99 Å². The van der Waals surface area contributed by atoms with E-state index in [1.165, 1.54) is 5.56 Å². The predicted molar refractivity (Wildman–Crippen MR) is 111 cm³/mol. The van der Waals surface area contributed by atoms with Crippen molar-refractivity contribution in [2.75, 3.05) is 7.11 Å². The molecule has 1 amide bonds. The maximum absolute atomic E-state index is 12.5. The normalized spacial score (nSPS) is 11.9. The van der Waals surface area contributed by atoms with Crippen molar-refractivity contribution < 1.29 is 9.53 Å². The zero-order valence-electron chi connectivity index (χ0n) is 15.9. The van der Waals surface area contributed by atoms with E-state index in [4.69, 9.17) is 4.74 Å². The molecule has 0 radical (unpaired) electrons. The van der Waals surface area contributed by atoms with Crippen LogP contribution in [0, 0.1) is 0 Å². The van der Waals surface area contributed by atoms with E-state index in [-0.39, 0.29) is 12.3 Å². The lowest BCUT2D eigenvalue weighted by molar-refractivity contribution is -0.117. The van der Waals surface area contributed by atoms with Gasteiger partial charge in [0.05, 0.1) is 23.7 Å². The third kappa shape index (κ3) is 4.37. The van der Waals surface area contributed by atoms with E-state index in [0.29, 0.717) is 17.3 Å². The molecule has 0 N–H and O–H groups in total. The molecule has 3 aromatic rings. The number of ether oxygens (including phenoxy) is 1. The van der Waals surface area contributed by atoms with Gasteiger partial charge in [-0.15, -0.1) is 6.58 Å². The van der Waals surface area contributed by atoms with Crippen molar-refractivity contribution in [3.05, 3.63) is 71.0 Å². The number of rotatable bonds is 6. The number of fused-ring (bicyclic) bond motifs is 1. The largest absolute Gasteiger partial charge is 0.497 e. The fourth-order valence-electron chi connectivity index (χ4n) is 2.90. The zero-order valence-corrected chi connectivity index (χ0v) is 16.8. The lowest BCUT2D eigenvalue weighted by atomic mass is 10.0. The summed E-state index contributed by atoms with van der Waals surface area (Å²) in [6.07, 6.45) is 2.10. The van der Waals surface area contributed by atoms with Crippen LogP contribution >= 0.6 is 11.3 Å². The summed E-state index contributed by atoms with van der Waals surface area (Å²) in [4.78, 5) is 17.6. The zero-order chi connectivity index (χ0) is 19.4. The second-order valence-electron chi connectivity index (χ2n) is 6.70. The van der Waals surface area contributed by atoms with Gasteiger partial charge in [-0.05, 0) is 41.3 Å². The molecule has 0 saturated carbocycles. The number of allylic oxidation sites excluding steroid dienone is 1. The van der Waals surface area contributed by atoms with E-state index >= 15 is 0 Å². The van der Waals surface area contributed by atoms with E-state index < -0.39 is 0 Å². The summed E-state index contributed by atoms with van der Waals surface area (Å²) in [6.45, 7) is 8.81. The molecule has 140 valence electrons. The van der Waals surface area contributed by atoms with Gasteiger partial charge >= 0.3 is 0 Å². The number of aromatic nitrogens is 1. The Labute approximate surface area is 163 Å². The molecule has 4 nitrogen and oxygen atoms in total. The first-order valence-corrected chi connectivity index (χ1v) is 9.78. The maximum atomic E-state index is 12.5. The second kappa shape index (κ2) is 8.35. The number of hydrogen-bond acceptors (Lipinski definition) is 3. The first kappa shape index (κ1) is 19.1. The Morgan fingerprint density at radius 1 is 1.26 bits per heavy atom. The van der Waals surface area contributed by atoms with Gasteiger partial charge in [-0.3, -0.25) is 4.79 Å². The van der Waals surface area contributed by atoms with Gasteiger partial charge in [-0.25, -0.2) is 0 Å². The molecule has 0 atom stereocenters. The van der Waals surface area contributed by atoms with Crippen LogP contribution in [0.15, 0.2) is 60.1 Å². The number of amides is 1. The smallest absolute Gasteiger partial charge is 0.252 e. The van der Waals surface area contributed by atoms with E-state index in [9.17, 15) is 4.79 Å². The number of hydrogen-bond donors (Lipinski definition) is 0. The molecule has 2 aromatic carbocycles. The molecule has 27 heavy (non-hydrogen) atoms. The molecule has 0 spiro atoms. The number of carbonyl (C=O) groups excluding carboxylic acids is 1. The van der Waals surface area contributed by atoms with Crippen molar-refractivity contribution in [2.24, 2.45) is 4.99 Å². The Bertz CT molecular complexity index is 1030. The number of nitrogens with zero attached hydrogens (tertiary/aromatic N) is 2. The van der Waals surface area contributed by atoms with E-state index in [1.54, 1.807) is 18.4 Å². The highest BCUT2D eigenvalue weighted by Crippen LogP contribution is 2.23. The van der Waals surface area contributed by atoms with Crippen LogP contribution in [0.1, 0.15) is 30.9 Å². The van der Waals surface area contributed by atoms with Crippen molar-refractivity contribution in [1.29, 1.82) is 0 Å². The van der Waals surface area contributed by atoms with Crippen LogP contribution in [0.25, 0.3) is 10.2 Å². The van der Waals surface area contributed by atoms with Gasteiger partial charge in [0.2, 0.25) is 0 Å². The molecule has 0 saturated heterocycles. The average Bonchev–Trinajstić information content (AvgIpc) is 2.99. The van der Waals surface area contributed by atoms with Gasteiger partial charge in [-0.1, -0.05) is 49.5 Å². The predicted octanol–water partition coefficient (Wildman–Crippen LogP) is 4.69. The van der Waals surface area contributed by atoms with Gasteiger partial charge in [0.1, 0.15) is 5.75 Å². The van der Waals surface area contributed by atoms with Crippen LogP contribution in [-0.2, 0) is 17.8 Å². The van der Waals surface area contributed by atoms with Gasteiger partial charge < -0.3 is 9.30 Å². The van der Waals surface area contributed by atoms with Crippen molar-refractivity contribution >= 4 is 27.5 Å². The van der Waals surface area contributed by atoms with Crippen LogP contribution in [-0.4, -0.2) is 17.6 Å². The Hall–Kier alpha value is -2.66. The minimum atomic E-state index is -0.159. The van der Waals surface area contributed by atoms with Crippen molar-refractivity contribution in [2.45, 2.75) is 32.7 Å². The molecule has 0 bridgehead atoms. The van der Waals surface area contributed by atoms with Crippen molar-refractivity contribution in [1.82, 2.24) is 4.57 Å². The van der Waals surface area contributed by atoms with Crippen LogP contribution in [0.3, 0.4) is 0 Å². The molecule has 0 aliphatic rings. The minimum Gasteiger partial charge on any atom is -0.497 e. The lowest BCUT2D eigenvalue weighted by Crippen LogP contribution is -2.16. The number of carbonyl (C=O) groups is 1.